The molecule has 106 valence electrons. The van der Waals surface area contributed by atoms with Crippen molar-refractivity contribution < 1.29 is 9.90 Å². The predicted octanol–water partition coefficient (Wildman–Crippen LogP) is 3.83. The van der Waals surface area contributed by atoms with Crippen LogP contribution in [0.5, 0.6) is 0 Å². The highest BCUT2D eigenvalue weighted by Crippen LogP contribution is 2.41. The number of hydrogen-bond donors (Lipinski definition) is 1. The van der Waals surface area contributed by atoms with Gasteiger partial charge in [0.1, 0.15) is 5.82 Å². The fourth-order valence-electron chi connectivity index (χ4n) is 3.19. The Hall–Kier alpha value is -1.84. The SMILES string of the molecule is CC1CC(n2c(C(C)C)nc3cccc(C(=O)O)c32)C1. The van der Waals surface area contributed by atoms with Gasteiger partial charge in [0.15, 0.2) is 0 Å². The van der Waals surface area contributed by atoms with Crippen LogP contribution in [0.1, 0.15) is 61.8 Å². The van der Waals surface area contributed by atoms with Gasteiger partial charge < -0.3 is 9.67 Å². The number of para-hydroxylation sites is 1. The van der Waals surface area contributed by atoms with Gasteiger partial charge in [-0.1, -0.05) is 26.8 Å². The normalized spacial score (nSPS) is 22.2. The Labute approximate surface area is 118 Å². The topological polar surface area (TPSA) is 55.1 Å². The van der Waals surface area contributed by atoms with Gasteiger partial charge >= 0.3 is 5.97 Å². The molecule has 0 bridgehead atoms. The van der Waals surface area contributed by atoms with Crippen LogP contribution in [-0.4, -0.2) is 20.6 Å². The van der Waals surface area contributed by atoms with E-state index in [4.69, 9.17) is 0 Å². The number of carboxylic acids is 1. The van der Waals surface area contributed by atoms with Crippen molar-refractivity contribution in [3.8, 4) is 0 Å². The minimum Gasteiger partial charge on any atom is -0.478 e. The lowest BCUT2D eigenvalue weighted by Crippen LogP contribution is -2.26. The third kappa shape index (κ3) is 1.90. The minimum atomic E-state index is -0.876. The fourth-order valence-corrected chi connectivity index (χ4v) is 3.19. The number of hydrogen-bond acceptors (Lipinski definition) is 2. The summed E-state index contributed by atoms with van der Waals surface area (Å²) in [5, 5.41) is 9.44. The second-order valence-corrected chi connectivity index (χ2v) is 6.20. The average Bonchev–Trinajstić information content (AvgIpc) is 2.73. The Morgan fingerprint density at radius 3 is 2.65 bits per heavy atom. The van der Waals surface area contributed by atoms with Crippen LogP contribution in [0.15, 0.2) is 18.2 Å². The number of nitrogens with zero attached hydrogens (tertiary/aromatic N) is 2. The third-order valence-electron chi connectivity index (χ3n) is 4.20. The van der Waals surface area contributed by atoms with Crippen LogP contribution >= 0.6 is 0 Å². The minimum absolute atomic E-state index is 0.292. The van der Waals surface area contributed by atoms with Gasteiger partial charge in [0, 0.05) is 12.0 Å². The first-order chi connectivity index (χ1) is 9.49. The zero-order valence-corrected chi connectivity index (χ0v) is 12.1. The van der Waals surface area contributed by atoms with Crippen LogP contribution in [0.25, 0.3) is 11.0 Å². The van der Waals surface area contributed by atoms with Crippen LogP contribution in [0.4, 0.5) is 0 Å². The van der Waals surface area contributed by atoms with Gasteiger partial charge in [-0.05, 0) is 30.9 Å². The maximum Gasteiger partial charge on any atom is 0.337 e. The van der Waals surface area contributed by atoms with Gasteiger partial charge in [-0.3, -0.25) is 0 Å². The van der Waals surface area contributed by atoms with Crippen molar-refractivity contribution in [2.45, 2.75) is 45.6 Å². The summed E-state index contributed by atoms with van der Waals surface area (Å²) in [6, 6.07) is 5.76. The zero-order chi connectivity index (χ0) is 14.4. The molecule has 1 aliphatic rings. The lowest BCUT2D eigenvalue weighted by molar-refractivity contribution is 0.0698. The molecule has 1 N–H and O–H groups in total. The molecule has 1 fully saturated rings. The first-order valence-corrected chi connectivity index (χ1v) is 7.23. The van der Waals surface area contributed by atoms with Gasteiger partial charge in [0.05, 0.1) is 16.6 Å². The highest BCUT2D eigenvalue weighted by atomic mass is 16.4. The summed E-state index contributed by atoms with van der Waals surface area (Å²) in [6.45, 7) is 6.46. The molecule has 1 aliphatic carbocycles. The van der Waals surface area contributed by atoms with E-state index < -0.39 is 5.97 Å². The van der Waals surface area contributed by atoms with Crippen molar-refractivity contribution in [2.75, 3.05) is 0 Å². The number of carbonyl (C=O) groups is 1. The molecule has 0 radical (unpaired) electrons. The fraction of sp³-hybridized carbons (Fsp3) is 0.500. The van der Waals surface area contributed by atoms with E-state index >= 15 is 0 Å². The zero-order valence-electron chi connectivity index (χ0n) is 12.1. The average molecular weight is 272 g/mol. The summed E-state index contributed by atoms with van der Waals surface area (Å²) < 4.78 is 2.18. The lowest BCUT2D eigenvalue weighted by Gasteiger charge is -2.36. The van der Waals surface area contributed by atoms with Crippen LogP contribution in [0.3, 0.4) is 0 Å². The van der Waals surface area contributed by atoms with E-state index in [0.717, 1.165) is 35.6 Å². The number of rotatable bonds is 3. The van der Waals surface area contributed by atoms with Crippen LogP contribution in [0.2, 0.25) is 0 Å². The molecule has 1 saturated carbocycles. The van der Waals surface area contributed by atoms with Crippen molar-refractivity contribution in [3.63, 3.8) is 0 Å². The van der Waals surface area contributed by atoms with Crippen molar-refractivity contribution >= 4 is 17.0 Å². The van der Waals surface area contributed by atoms with Crippen LogP contribution in [-0.2, 0) is 0 Å². The molecule has 1 heterocycles. The molecule has 0 aliphatic heterocycles. The number of carboxylic acid groups (broad SMARTS) is 1. The standard InChI is InChI=1S/C16H20N2O2/c1-9(2)15-17-13-6-4-5-12(16(19)20)14(13)18(15)11-7-10(3)8-11/h4-6,9-11H,7-8H2,1-3H3,(H,19,20). The molecule has 0 amide bonds. The van der Waals surface area contributed by atoms with Gasteiger partial charge in [0.2, 0.25) is 0 Å². The molecular formula is C16H20N2O2. The summed E-state index contributed by atoms with van der Waals surface area (Å²) in [5.74, 6) is 1.14. The van der Waals surface area contributed by atoms with Gasteiger partial charge in [-0.25, -0.2) is 9.78 Å². The first-order valence-electron chi connectivity index (χ1n) is 7.23. The Bertz CT molecular complexity index is 666. The summed E-state index contributed by atoms with van der Waals surface area (Å²) in [6.07, 6.45) is 2.22. The number of aromatic nitrogens is 2. The molecule has 3 rings (SSSR count). The molecule has 2 aromatic rings. The Morgan fingerprint density at radius 1 is 1.40 bits per heavy atom. The van der Waals surface area contributed by atoms with Gasteiger partial charge in [0.25, 0.3) is 0 Å². The molecule has 0 unspecified atom stereocenters. The summed E-state index contributed by atoms with van der Waals surface area (Å²) >= 11 is 0. The van der Waals surface area contributed by atoms with E-state index in [1.54, 1.807) is 12.1 Å². The molecule has 20 heavy (non-hydrogen) atoms. The summed E-state index contributed by atoms with van der Waals surface area (Å²) in [4.78, 5) is 16.2. The van der Waals surface area contributed by atoms with Crippen molar-refractivity contribution in [1.82, 2.24) is 9.55 Å². The molecule has 1 aromatic heterocycles. The van der Waals surface area contributed by atoms with E-state index in [9.17, 15) is 9.90 Å². The molecule has 0 atom stereocenters. The number of aromatic carboxylic acids is 1. The first kappa shape index (κ1) is 13.2. The number of fused-ring (bicyclic) bond motifs is 1. The Morgan fingerprint density at radius 2 is 2.10 bits per heavy atom. The largest absolute Gasteiger partial charge is 0.478 e. The molecular weight excluding hydrogens is 252 g/mol. The van der Waals surface area contributed by atoms with E-state index in [0.29, 0.717) is 17.5 Å². The number of benzene rings is 1. The molecule has 0 saturated heterocycles. The maximum absolute atomic E-state index is 11.5. The molecule has 1 aromatic carbocycles. The summed E-state index contributed by atoms with van der Waals surface area (Å²) in [5.41, 5.74) is 1.95. The van der Waals surface area contributed by atoms with Gasteiger partial charge in [-0.15, -0.1) is 0 Å². The highest BCUT2D eigenvalue weighted by Gasteiger charge is 2.32. The number of imidazole rings is 1. The van der Waals surface area contributed by atoms with E-state index in [1.807, 2.05) is 6.07 Å². The molecule has 0 spiro atoms. The highest BCUT2D eigenvalue weighted by molar-refractivity contribution is 6.01. The quantitative estimate of drug-likeness (QED) is 0.923. The molecule has 4 heteroatoms. The maximum atomic E-state index is 11.5. The summed E-state index contributed by atoms with van der Waals surface area (Å²) in [7, 11) is 0. The molecule has 4 nitrogen and oxygen atoms in total. The lowest BCUT2D eigenvalue weighted by atomic mass is 9.81. The van der Waals surface area contributed by atoms with Crippen molar-refractivity contribution in [1.29, 1.82) is 0 Å². The van der Waals surface area contributed by atoms with Crippen molar-refractivity contribution in [2.24, 2.45) is 5.92 Å². The smallest absolute Gasteiger partial charge is 0.337 e. The van der Waals surface area contributed by atoms with E-state index in [1.165, 1.54) is 0 Å². The van der Waals surface area contributed by atoms with E-state index in [-0.39, 0.29) is 0 Å². The van der Waals surface area contributed by atoms with Crippen molar-refractivity contribution in [3.05, 3.63) is 29.6 Å². The van der Waals surface area contributed by atoms with E-state index in [2.05, 4.69) is 30.3 Å². The second kappa shape index (κ2) is 4.62. The third-order valence-corrected chi connectivity index (χ3v) is 4.20. The predicted molar refractivity (Wildman–Crippen MR) is 78.2 cm³/mol. The van der Waals surface area contributed by atoms with Crippen LogP contribution in [0, 0.1) is 5.92 Å². The monoisotopic (exact) mass is 272 g/mol. The second-order valence-electron chi connectivity index (χ2n) is 6.20. The van der Waals surface area contributed by atoms with Crippen LogP contribution < -0.4 is 0 Å². The Kier molecular flexibility index (Phi) is 3.04. The Balaban J connectivity index is 2.26. The van der Waals surface area contributed by atoms with Gasteiger partial charge in [-0.2, -0.15) is 0 Å².